The van der Waals surface area contributed by atoms with Crippen molar-refractivity contribution in [3.8, 4) is 5.75 Å². The molecule has 0 aliphatic heterocycles. The van der Waals surface area contributed by atoms with E-state index < -0.39 is 0 Å². The number of ether oxygens (including phenoxy) is 1. The SMILES string of the molecule is Fc1ccc(OCCl)c(I)c1. The molecule has 0 saturated carbocycles. The number of rotatable bonds is 2. The Morgan fingerprint density at radius 2 is 2.27 bits per heavy atom. The smallest absolute Gasteiger partial charge is 0.162 e. The van der Waals surface area contributed by atoms with Crippen molar-refractivity contribution in [2.24, 2.45) is 0 Å². The number of benzene rings is 1. The second-order valence-electron chi connectivity index (χ2n) is 1.83. The average Bonchev–Trinajstić information content (AvgIpc) is 1.95. The summed E-state index contributed by atoms with van der Waals surface area (Å²) in [6.07, 6.45) is 0. The molecule has 0 atom stereocenters. The predicted molar refractivity (Wildman–Crippen MR) is 50.5 cm³/mol. The van der Waals surface area contributed by atoms with Crippen LogP contribution < -0.4 is 4.74 Å². The molecule has 0 aromatic heterocycles. The molecule has 0 aliphatic carbocycles. The molecule has 60 valence electrons. The zero-order valence-corrected chi connectivity index (χ0v) is 8.39. The summed E-state index contributed by atoms with van der Waals surface area (Å²) in [5.74, 6) is 0.346. The maximum absolute atomic E-state index is 12.5. The van der Waals surface area contributed by atoms with Crippen molar-refractivity contribution in [3.63, 3.8) is 0 Å². The molecule has 0 radical (unpaired) electrons. The van der Waals surface area contributed by atoms with Crippen molar-refractivity contribution < 1.29 is 9.13 Å². The lowest BCUT2D eigenvalue weighted by molar-refractivity contribution is 0.384. The van der Waals surface area contributed by atoms with E-state index in [2.05, 4.69) is 0 Å². The van der Waals surface area contributed by atoms with Gasteiger partial charge in [-0.25, -0.2) is 4.39 Å². The molecule has 0 fully saturated rings. The monoisotopic (exact) mass is 286 g/mol. The molecule has 0 saturated heterocycles. The zero-order valence-electron chi connectivity index (χ0n) is 5.48. The van der Waals surface area contributed by atoms with Crippen LogP contribution in [0.5, 0.6) is 5.75 Å². The third kappa shape index (κ3) is 2.48. The quantitative estimate of drug-likeness (QED) is 0.600. The summed E-state index contributed by atoms with van der Waals surface area (Å²) in [4.78, 5) is 0. The van der Waals surface area contributed by atoms with Gasteiger partial charge in [0.15, 0.2) is 6.07 Å². The lowest BCUT2D eigenvalue weighted by Gasteiger charge is -2.03. The molecule has 0 N–H and O–H groups in total. The first kappa shape index (κ1) is 9.06. The Labute approximate surface area is 82.6 Å². The Morgan fingerprint density at radius 1 is 1.55 bits per heavy atom. The zero-order chi connectivity index (χ0) is 8.27. The molecule has 1 rings (SSSR count). The first-order chi connectivity index (χ1) is 5.24. The Hall–Kier alpha value is -0.0300. The van der Waals surface area contributed by atoms with Crippen LogP contribution in [-0.2, 0) is 0 Å². The molecule has 0 bridgehead atoms. The third-order valence-electron chi connectivity index (χ3n) is 1.10. The van der Waals surface area contributed by atoms with Crippen LogP contribution in [-0.4, -0.2) is 6.07 Å². The summed E-state index contributed by atoms with van der Waals surface area (Å²) >= 11 is 7.31. The average molecular weight is 286 g/mol. The topological polar surface area (TPSA) is 9.23 Å². The molecule has 4 heteroatoms. The van der Waals surface area contributed by atoms with Gasteiger partial charge in [0, 0.05) is 0 Å². The van der Waals surface area contributed by atoms with Crippen molar-refractivity contribution in [1.82, 2.24) is 0 Å². The highest BCUT2D eigenvalue weighted by Gasteiger charge is 2.00. The van der Waals surface area contributed by atoms with E-state index in [9.17, 15) is 4.39 Å². The van der Waals surface area contributed by atoms with Crippen LogP contribution in [0.1, 0.15) is 0 Å². The second-order valence-corrected chi connectivity index (χ2v) is 3.21. The van der Waals surface area contributed by atoms with Crippen molar-refractivity contribution in [2.75, 3.05) is 6.07 Å². The number of hydrogen-bond donors (Lipinski definition) is 0. The minimum atomic E-state index is -0.267. The number of hydrogen-bond acceptors (Lipinski definition) is 1. The van der Waals surface area contributed by atoms with Crippen LogP contribution in [0.4, 0.5) is 4.39 Å². The largest absolute Gasteiger partial charge is 0.477 e. The van der Waals surface area contributed by atoms with Gasteiger partial charge >= 0.3 is 0 Å². The molecule has 0 unspecified atom stereocenters. The molecule has 0 heterocycles. The van der Waals surface area contributed by atoms with E-state index in [1.54, 1.807) is 6.07 Å². The van der Waals surface area contributed by atoms with Gasteiger partial charge in [-0.1, -0.05) is 11.6 Å². The highest BCUT2D eigenvalue weighted by atomic mass is 127. The van der Waals surface area contributed by atoms with Crippen molar-refractivity contribution in [3.05, 3.63) is 27.6 Å². The Kier molecular flexibility index (Phi) is 3.39. The van der Waals surface area contributed by atoms with Gasteiger partial charge in [0.25, 0.3) is 0 Å². The van der Waals surface area contributed by atoms with E-state index in [1.807, 2.05) is 22.6 Å². The summed E-state index contributed by atoms with van der Waals surface area (Å²) < 4.78 is 18.2. The maximum atomic E-state index is 12.5. The van der Waals surface area contributed by atoms with E-state index >= 15 is 0 Å². The number of halogens is 3. The molecule has 0 spiro atoms. The summed E-state index contributed by atoms with van der Waals surface area (Å²) in [6, 6.07) is 4.37. The van der Waals surface area contributed by atoms with Crippen molar-refractivity contribution in [1.29, 1.82) is 0 Å². The van der Waals surface area contributed by atoms with E-state index in [0.29, 0.717) is 5.75 Å². The summed E-state index contributed by atoms with van der Waals surface area (Å²) in [5, 5.41) is 0. The maximum Gasteiger partial charge on any atom is 0.162 e. The fraction of sp³-hybridized carbons (Fsp3) is 0.143. The molecule has 1 aromatic rings. The van der Waals surface area contributed by atoms with E-state index in [1.165, 1.54) is 12.1 Å². The van der Waals surface area contributed by atoms with E-state index in [0.717, 1.165) is 3.57 Å². The van der Waals surface area contributed by atoms with Gasteiger partial charge in [-0.3, -0.25) is 0 Å². The van der Waals surface area contributed by atoms with Gasteiger partial charge in [0.05, 0.1) is 3.57 Å². The molecule has 1 nitrogen and oxygen atoms in total. The third-order valence-corrected chi connectivity index (χ3v) is 2.06. The van der Waals surface area contributed by atoms with Gasteiger partial charge in [-0.2, -0.15) is 0 Å². The van der Waals surface area contributed by atoms with Gasteiger partial charge in [-0.05, 0) is 40.8 Å². The van der Waals surface area contributed by atoms with Gasteiger partial charge < -0.3 is 4.74 Å². The minimum absolute atomic E-state index is 0.0850. The first-order valence-electron chi connectivity index (χ1n) is 2.88. The molecule has 0 amide bonds. The fourth-order valence-corrected chi connectivity index (χ4v) is 1.40. The Bertz CT molecular complexity index is 254. The van der Waals surface area contributed by atoms with Crippen LogP contribution in [0, 0.1) is 9.39 Å². The van der Waals surface area contributed by atoms with Crippen molar-refractivity contribution in [2.45, 2.75) is 0 Å². The molecule has 11 heavy (non-hydrogen) atoms. The summed E-state index contributed by atoms with van der Waals surface area (Å²) in [7, 11) is 0. The molecule has 0 aliphatic rings. The Balaban J connectivity index is 2.90. The van der Waals surface area contributed by atoms with Gasteiger partial charge in [-0.15, -0.1) is 0 Å². The fourth-order valence-electron chi connectivity index (χ4n) is 0.651. The molecule has 1 aromatic carbocycles. The Morgan fingerprint density at radius 3 is 2.82 bits per heavy atom. The summed E-state index contributed by atoms with van der Waals surface area (Å²) in [6.45, 7) is 0. The van der Waals surface area contributed by atoms with Crippen molar-refractivity contribution >= 4 is 34.2 Å². The highest BCUT2D eigenvalue weighted by Crippen LogP contribution is 2.21. The van der Waals surface area contributed by atoms with E-state index in [-0.39, 0.29) is 11.9 Å². The predicted octanol–water partition coefficient (Wildman–Crippen LogP) is 3.01. The normalized spacial score (nSPS) is 9.73. The van der Waals surface area contributed by atoms with Gasteiger partial charge in [0.2, 0.25) is 0 Å². The first-order valence-corrected chi connectivity index (χ1v) is 4.49. The lowest BCUT2D eigenvalue weighted by atomic mass is 10.3. The van der Waals surface area contributed by atoms with Crippen LogP contribution in [0.3, 0.4) is 0 Å². The minimum Gasteiger partial charge on any atom is -0.477 e. The molecular weight excluding hydrogens is 281 g/mol. The highest BCUT2D eigenvalue weighted by molar-refractivity contribution is 14.1. The molecular formula is C7H5ClFIO. The van der Waals surface area contributed by atoms with Crippen LogP contribution in [0.15, 0.2) is 18.2 Å². The van der Waals surface area contributed by atoms with E-state index in [4.69, 9.17) is 16.3 Å². The van der Waals surface area contributed by atoms with Gasteiger partial charge in [0.1, 0.15) is 11.6 Å². The van der Waals surface area contributed by atoms with Crippen LogP contribution in [0.25, 0.3) is 0 Å². The lowest BCUT2D eigenvalue weighted by Crippen LogP contribution is -1.91. The second kappa shape index (κ2) is 4.11. The standard InChI is InChI=1S/C7H5ClFIO/c8-4-11-7-2-1-5(9)3-6(7)10/h1-3H,4H2. The van der Waals surface area contributed by atoms with Crippen LogP contribution >= 0.6 is 34.2 Å². The summed E-state index contributed by atoms with van der Waals surface area (Å²) in [5.41, 5.74) is 0. The number of alkyl halides is 1. The van der Waals surface area contributed by atoms with Crippen LogP contribution in [0.2, 0.25) is 0 Å².